The highest BCUT2D eigenvalue weighted by atomic mass is 31.1. The Balaban J connectivity index is 4.36. The Bertz CT molecular complexity index is 206. The molecule has 0 saturated carbocycles. The normalized spacial score (nSPS) is 22.1. The standard InChI is InChI=1S/C6H13O7P/c1-3(8)5(9)6(10)4(2-7)13-14(11)12/h2-6,8-10,14H,1H3,(H,11,12)/t3-,4+,5+,6-/m0/s1. The highest BCUT2D eigenvalue weighted by molar-refractivity contribution is 7.32. The molecule has 0 rings (SSSR count). The van der Waals surface area contributed by atoms with Crippen molar-refractivity contribution in [1.29, 1.82) is 0 Å². The molecule has 0 aliphatic heterocycles. The number of aliphatic hydroxyl groups is 3. The van der Waals surface area contributed by atoms with Crippen molar-refractivity contribution >= 4 is 14.5 Å². The number of hydrogen-bond donors (Lipinski definition) is 4. The van der Waals surface area contributed by atoms with Gasteiger partial charge in [-0.1, -0.05) is 0 Å². The van der Waals surface area contributed by atoms with Gasteiger partial charge >= 0.3 is 8.25 Å². The molecule has 5 atom stereocenters. The number of hydrogen-bond acceptors (Lipinski definition) is 6. The van der Waals surface area contributed by atoms with Crippen molar-refractivity contribution < 1.29 is 34.1 Å². The summed E-state index contributed by atoms with van der Waals surface area (Å²) >= 11 is 0. The fraction of sp³-hybridized carbons (Fsp3) is 0.833. The molecule has 0 spiro atoms. The van der Waals surface area contributed by atoms with E-state index in [0.29, 0.717) is 0 Å². The zero-order valence-corrected chi connectivity index (χ0v) is 8.40. The van der Waals surface area contributed by atoms with Gasteiger partial charge in [-0.15, -0.1) is 0 Å². The van der Waals surface area contributed by atoms with Crippen molar-refractivity contribution in [3.8, 4) is 0 Å². The van der Waals surface area contributed by atoms with Crippen molar-refractivity contribution in [3.05, 3.63) is 0 Å². The fourth-order valence-electron chi connectivity index (χ4n) is 0.774. The lowest BCUT2D eigenvalue weighted by Crippen LogP contribution is -2.44. The summed E-state index contributed by atoms with van der Waals surface area (Å²) in [5.74, 6) is 0. The zero-order chi connectivity index (χ0) is 11.3. The zero-order valence-electron chi connectivity index (χ0n) is 7.40. The third-order valence-electron chi connectivity index (χ3n) is 1.55. The van der Waals surface area contributed by atoms with E-state index in [1.807, 2.05) is 0 Å². The molecule has 0 fully saturated rings. The molecule has 0 aromatic rings. The number of rotatable bonds is 6. The molecule has 7 nitrogen and oxygen atoms in total. The van der Waals surface area contributed by atoms with Gasteiger partial charge in [0.05, 0.1) is 6.10 Å². The first-order chi connectivity index (χ1) is 6.40. The van der Waals surface area contributed by atoms with E-state index in [2.05, 4.69) is 4.52 Å². The Labute approximate surface area is 80.9 Å². The van der Waals surface area contributed by atoms with E-state index in [0.717, 1.165) is 0 Å². The molecule has 8 heteroatoms. The lowest BCUT2D eigenvalue weighted by molar-refractivity contribution is -0.129. The lowest BCUT2D eigenvalue weighted by atomic mass is 10.1. The number of aliphatic hydroxyl groups excluding tert-OH is 3. The van der Waals surface area contributed by atoms with Gasteiger partial charge in [-0.2, -0.15) is 0 Å². The molecule has 0 aromatic carbocycles. The quantitative estimate of drug-likeness (QED) is 0.308. The molecule has 0 bridgehead atoms. The first-order valence-corrected chi connectivity index (χ1v) is 5.05. The van der Waals surface area contributed by atoms with Gasteiger partial charge < -0.3 is 25.0 Å². The van der Waals surface area contributed by atoms with E-state index in [9.17, 15) is 14.5 Å². The minimum atomic E-state index is -3.38. The van der Waals surface area contributed by atoms with E-state index < -0.39 is 32.7 Å². The molecule has 0 heterocycles. The van der Waals surface area contributed by atoms with Crippen LogP contribution in [0.4, 0.5) is 0 Å². The summed E-state index contributed by atoms with van der Waals surface area (Å²) in [5.41, 5.74) is 0. The number of aldehydes is 1. The van der Waals surface area contributed by atoms with Gasteiger partial charge in [-0.05, 0) is 6.92 Å². The predicted molar refractivity (Wildman–Crippen MR) is 45.9 cm³/mol. The molecule has 1 unspecified atom stereocenters. The molecular formula is C6H13O7P. The van der Waals surface area contributed by atoms with Gasteiger partial charge in [0.15, 0.2) is 12.4 Å². The van der Waals surface area contributed by atoms with Crippen LogP contribution in [0.1, 0.15) is 6.92 Å². The highest BCUT2D eigenvalue weighted by Crippen LogP contribution is 2.20. The molecule has 0 saturated heterocycles. The van der Waals surface area contributed by atoms with Crippen LogP contribution in [0.3, 0.4) is 0 Å². The summed E-state index contributed by atoms with van der Waals surface area (Å²) in [4.78, 5) is 18.6. The molecular weight excluding hydrogens is 215 g/mol. The van der Waals surface area contributed by atoms with Crippen LogP contribution >= 0.6 is 8.25 Å². The second-order valence-corrected chi connectivity index (χ2v) is 3.47. The average Bonchev–Trinajstić information content (AvgIpc) is 2.11. The van der Waals surface area contributed by atoms with E-state index in [1.54, 1.807) is 0 Å². The lowest BCUT2D eigenvalue weighted by Gasteiger charge is -2.23. The molecule has 0 aliphatic carbocycles. The maximum atomic E-state index is 10.3. The van der Waals surface area contributed by atoms with Crippen molar-refractivity contribution in [2.24, 2.45) is 0 Å². The molecule has 0 aliphatic rings. The summed E-state index contributed by atoms with van der Waals surface area (Å²) in [7, 11) is -3.38. The third-order valence-corrected chi connectivity index (χ3v) is 2.03. The van der Waals surface area contributed by atoms with Crippen LogP contribution in [0.25, 0.3) is 0 Å². The van der Waals surface area contributed by atoms with Crippen LogP contribution in [-0.4, -0.2) is 50.9 Å². The topological polar surface area (TPSA) is 124 Å². The maximum absolute atomic E-state index is 10.3. The first-order valence-electron chi connectivity index (χ1n) is 3.79. The predicted octanol–water partition coefficient (Wildman–Crippen LogP) is -1.94. The highest BCUT2D eigenvalue weighted by Gasteiger charge is 2.30. The Kier molecular flexibility index (Phi) is 6.10. The van der Waals surface area contributed by atoms with Crippen molar-refractivity contribution in [3.63, 3.8) is 0 Å². The maximum Gasteiger partial charge on any atom is 0.317 e. The largest absolute Gasteiger partial charge is 0.391 e. The van der Waals surface area contributed by atoms with Crippen molar-refractivity contribution in [2.75, 3.05) is 0 Å². The first kappa shape index (κ1) is 13.7. The Hall–Kier alpha value is -0.300. The molecule has 14 heavy (non-hydrogen) atoms. The van der Waals surface area contributed by atoms with E-state index in [4.69, 9.17) is 15.1 Å². The molecule has 0 amide bonds. The molecule has 0 radical (unpaired) electrons. The third kappa shape index (κ3) is 4.28. The van der Waals surface area contributed by atoms with Crippen LogP contribution in [0, 0.1) is 0 Å². The monoisotopic (exact) mass is 228 g/mol. The summed E-state index contributed by atoms with van der Waals surface area (Å²) < 4.78 is 14.4. The summed E-state index contributed by atoms with van der Waals surface area (Å²) in [6.07, 6.45) is -6.19. The van der Waals surface area contributed by atoms with Crippen LogP contribution in [-0.2, 0) is 13.9 Å². The van der Waals surface area contributed by atoms with Crippen molar-refractivity contribution in [1.82, 2.24) is 0 Å². The summed E-state index contributed by atoms with van der Waals surface area (Å²) in [6, 6.07) is 0. The Morgan fingerprint density at radius 1 is 1.29 bits per heavy atom. The smallest absolute Gasteiger partial charge is 0.317 e. The SMILES string of the molecule is C[C@H](O)[C@@H](O)[C@@H](O)[C@@H](C=O)O[PH](=O)O. The van der Waals surface area contributed by atoms with Gasteiger partial charge in [0.2, 0.25) is 0 Å². The minimum absolute atomic E-state index is 0.0784. The van der Waals surface area contributed by atoms with Gasteiger partial charge in [0.25, 0.3) is 0 Å². The van der Waals surface area contributed by atoms with E-state index >= 15 is 0 Å². The molecule has 4 N–H and O–H groups in total. The second-order valence-electron chi connectivity index (χ2n) is 2.71. The summed E-state index contributed by atoms with van der Waals surface area (Å²) in [6.45, 7) is 1.19. The van der Waals surface area contributed by atoms with Crippen molar-refractivity contribution in [2.45, 2.75) is 31.3 Å². The van der Waals surface area contributed by atoms with Crippen LogP contribution in [0.15, 0.2) is 0 Å². The van der Waals surface area contributed by atoms with Gasteiger partial charge in [0.1, 0.15) is 12.2 Å². The van der Waals surface area contributed by atoms with Gasteiger partial charge in [0, 0.05) is 0 Å². The molecule has 0 aromatic heterocycles. The van der Waals surface area contributed by atoms with Gasteiger partial charge in [-0.3, -0.25) is 9.09 Å². The molecule has 84 valence electrons. The minimum Gasteiger partial charge on any atom is -0.391 e. The number of carbonyl (C=O) groups is 1. The van der Waals surface area contributed by atoms with Gasteiger partial charge in [-0.25, -0.2) is 0 Å². The average molecular weight is 228 g/mol. The van der Waals surface area contributed by atoms with E-state index in [1.165, 1.54) is 6.92 Å². The van der Waals surface area contributed by atoms with Crippen LogP contribution < -0.4 is 0 Å². The summed E-state index contributed by atoms with van der Waals surface area (Å²) in [5, 5.41) is 27.2. The van der Waals surface area contributed by atoms with E-state index in [-0.39, 0.29) is 6.29 Å². The fourth-order valence-corrected chi connectivity index (χ4v) is 1.20. The Morgan fingerprint density at radius 3 is 2.07 bits per heavy atom. The Morgan fingerprint density at radius 2 is 1.79 bits per heavy atom. The van der Waals surface area contributed by atoms with Crippen LogP contribution in [0.5, 0.6) is 0 Å². The second kappa shape index (κ2) is 6.23. The number of carbonyl (C=O) groups excluding carboxylic acids is 1. The van der Waals surface area contributed by atoms with Crippen LogP contribution in [0.2, 0.25) is 0 Å².